The maximum Gasteiger partial charge on any atom is 0.393 e. The van der Waals surface area contributed by atoms with Crippen LogP contribution < -0.4 is 16.2 Å². The van der Waals surface area contributed by atoms with Crippen LogP contribution in [-0.2, 0) is 0 Å². The lowest BCUT2D eigenvalue weighted by molar-refractivity contribution is -0.179. The third-order valence-corrected chi connectivity index (χ3v) is 7.00. The number of rotatable bonds is 5. The van der Waals surface area contributed by atoms with Gasteiger partial charge in [0, 0.05) is 43.9 Å². The summed E-state index contributed by atoms with van der Waals surface area (Å²) in [5.74, 6) is -4.38. The second-order valence-corrected chi connectivity index (χ2v) is 9.85. The van der Waals surface area contributed by atoms with E-state index in [1.54, 1.807) is 6.07 Å². The average molecular weight is 543 g/mol. The Labute approximate surface area is 211 Å². The number of hydrogen-bond acceptors (Lipinski definition) is 4. The first-order valence-electron chi connectivity index (χ1n) is 10.7. The predicted molar refractivity (Wildman–Crippen MR) is 127 cm³/mol. The molecule has 2 N–H and O–H groups in total. The number of benzene rings is 1. The van der Waals surface area contributed by atoms with Gasteiger partial charge in [0.15, 0.2) is 0 Å². The Balaban J connectivity index is 1.43. The second-order valence-electron chi connectivity index (χ2n) is 8.13. The highest BCUT2D eigenvalue weighted by Gasteiger charge is 2.50. The molecule has 0 radical (unpaired) electrons. The fourth-order valence-electron chi connectivity index (χ4n) is 3.95. The van der Waals surface area contributed by atoms with Gasteiger partial charge in [-0.05, 0) is 30.3 Å². The van der Waals surface area contributed by atoms with Crippen LogP contribution in [0.1, 0.15) is 9.67 Å². The van der Waals surface area contributed by atoms with Crippen molar-refractivity contribution in [3.63, 3.8) is 0 Å². The molecule has 7 nitrogen and oxygen atoms in total. The van der Waals surface area contributed by atoms with E-state index in [2.05, 4.69) is 10.6 Å². The molecule has 0 bridgehead atoms. The van der Waals surface area contributed by atoms with Crippen molar-refractivity contribution in [3.05, 3.63) is 80.1 Å². The summed E-state index contributed by atoms with van der Waals surface area (Å²) in [6, 6.07) is 10.1. The van der Waals surface area contributed by atoms with Gasteiger partial charge >= 0.3 is 12.2 Å². The normalized spacial score (nSPS) is 17.8. The van der Waals surface area contributed by atoms with E-state index in [1.165, 1.54) is 47.2 Å². The lowest BCUT2D eigenvalue weighted by Gasteiger charge is -2.21. The van der Waals surface area contributed by atoms with Crippen LogP contribution in [0.15, 0.2) is 59.5 Å². The smallest absolute Gasteiger partial charge is 0.351 e. The van der Waals surface area contributed by atoms with E-state index in [4.69, 9.17) is 11.6 Å². The number of carbonyl (C=O) groups is 2. The van der Waals surface area contributed by atoms with E-state index in [9.17, 15) is 31.9 Å². The highest BCUT2D eigenvalue weighted by molar-refractivity contribution is 7.18. The first-order valence-corrected chi connectivity index (χ1v) is 11.9. The minimum atomic E-state index is -4.60. The third kappa shape index (κ3) is 5.71. The number of amides is 3. The fraction of sp³-hybridized carbons (Fsp3) is 0.261. The minimum Gasteiger partial charge on any atom is -0.351 e. The van der Waals surface area contributed by atoms with E-state index in [0.717, 1.165) is 22.3 Å². The molecule has 13 heteroatoms. The number of likely N-dealkylation sites (tertiary alicyclic amines) is 1. The molecule has 2 atom stereocenters. The summed E-state index contributed by atoms with van der Waals surface area (Å²) in [6.45, 7) is -1.24. The zero-order chi connectivity index (χ0) is 26.0. The third-order valence-electron chi connectivity index (χ3n) is 5.77. The molecule has 2 aromatic heterocycles. The van der Waals surface area contributed by atoms with Crippen LogP contribution in [0.2, 0.25) is 4.34 Å². The van der Waals surface area contributed by atoms with E-state index in [-0.39, 0.29) is 34.9 Å². The number of aromatic nitrogens is 1. The average Bonchev–Trinajstić information content (AvgIpc) is 3.46. The van der Waals surface area contributed by atoms with Crippen LogP contribution in [0.5, 0.6) is 0 Å². The van der Waals surface area contributed by atoms with Gasteiger partial charge in [-0.15, -0.1) is 11.3 Å². The van der Waals surface area contributed by atoms with Gasteiger partial charge in [-0.25, -0.2) is 9.18 Å². The van der Waals surface area contributed by atoms with Crippen LogP contribution in [0.25, 0.3) is 5.69 Å². The SMILES string of the molecule is O=C(NCC1CN(C(=O)Nc2ccc(-n3ccccc3=O)cc2F)C[C@H]1C(F)(F)F)c1ccc(Cl)s1. The lowest BCUT2D eigenvalue weighted by atomic mass is 9.95. The molecule has 0 saturated carbocycles. The zero-order valence-electron chi connectivity index (χ0n) is 18.4. The Kier molecular flexibility index (Phi) is 7.36. The monoisotopic (exact) mass is 542 g/mol. The molecule has 4 rings (SSSR count). The van der Waals surface area contributed by atoms with Crippen molar-refractivity contribution < 1.29 is 27.2 Å². The minimum absolute atomic E-state index is 0.220. The molecule has 1 fully saturated rings. The molecule has 1 aliphatic heterocycles. The number of carbonyl (C=O) groups excluding carboxylic acids is 2. The number of nitrogens with zero attached hydrogens (tertiary/aromatic N) is 2. The van der Waals surface area contributed by atoms with Gasteiger partial charge in [0.2, 0.25) is 0 Å². The highest BCUT2D eigenvalue weighted by atomic mass is 35.5. The molecular weight excluding hydrogens is 524 g/mol. The molecule has 0 spiro atoms. The predicted octanol–water partition coefficient (Wildman–Crippen LogP) is 4.76. The zero-order valence-corrected chi connectivity index (χ0v) is 20.0. The number of hydrogen-bond donors (Lipinski definition) is 2. The lowest BCUT2D eigenvalue weighted by Crippen LogP contribution is -2.37. The number of halogens is 5. The molecular formula is C23H19ClF4N4O3S. The Hall–Kier alpha value is -3.38. The quantitative estimate of drug-likeness (QED) is 0.456. The van der Waals surface area contributed by atoms with Crippen LogP contribution in [0.3, 0.4) is 0 Å². The number of alkyl halides is 3. The summed E-state index contributed by atoms with van der Waals surface area (Å²) in [7, 11) is 0. The number of nitrogens with one attached hydrogen (secondary N) is 2. The first kappa shape index (κ1) is 25.7. The molecule has 36 heavy (non-hydrogen) atoms. The molecule has 1 saturated heterocycles. The molecule has 1 aliphatic rings. The van der Waals surface area contributed by atoms with Crippen molar-refractivity contribution >= 4 is 40.6 Å². The van der Waals surface area contributed by atoms with Crippen molar-refractivity contribution in [2.24, 2.45) is 11.8 Å². The van der Waals surface area contributed by atoms with Crippen LogP contribution >= 0.6 is 22.9 Å². The number of anilines is 1. The molecule has 0 aliphatic carbocycles. The molecule has 3 heterocycles. The highest BCUT2D eigenvalue weighted by Crippen LogP contribution is 2.37. The topological polar surface area (TPSA) is 83.4 Å². The molecule has 3 aromatic rings. The van der Waals surface area contributed by atoms with Gasteiger partial charge < -0.3 is 15.5 Å². The van der Waals surface area contributed by atoms with E-state index in [1.807, 2.05) is 0 Å². The first-order chi connectivity index (χ1) is 17.0. The van der Waals surface area contributed by atoms with Crippen molar-refractivity contribution in [2.75, 3.05) is 25.0 Å². The maximum absolute atomic E-state index is 14.6. The summed E-state index contributed by atoms with van der Waals surface area (Å²) < 4.78 is 57.2. The Bertz CT molecular complexity index is 1340. The van der Waals surface area contributed by atoms with E-state index in [0.29, 0.717) is 4.34 Å². The van der Waals surface area contributed by atoms with Crippen LogP contribution in [-0.4, -0.2) is 47.2 Å². The summed E-state index contributed by atoms with van der Waals surface area (Å²) in [4.78, 5) is 38.0. The summed E-state index contributed by atoms with van der Waals surface area (Å²) >= 11 is 6.79. The summed E-state index contributed by atoms with van der Waals surface area (Å²) in [6.07, 6.45) is -3.16. The Morgan fingerprint density at radius 1 is 1.11 bits per heavy atom. The number of urea groups is 1. The van der Waals surface area contributed by atoms with Crippen molar-refractivity contribution in [3.8, 4) is 5.69 Å². The van der Waals surface area contributed by atoms with Gasteiger partial charge in [-0.3, -0.25) is 14.2 Å². The van der Waals surface area contributed by atoms with E-state index >= 15 is 0 Å². The van der Waals surface area contributed by atoms with Gasteiger partial charge in [0.1, 0.15) is 5.82 Å². The Morgan fingerprint density at radius 3 is 2.53 bits per heavy atom. The number of thiophene rings is 1. The fourth-order valence-corrected chi connectivity index (χ4v) is 4.91. The summed E-state index contributed by atoms with van der Waals surface area (Å²) in [5, 5.41) is 4.76. The van der Waals surface area contributed by atoms with Gasteiger partial charge in [0.05, 0.1) is 26.5 Å². The molecule has 1 aromatic carbocycles. The van der Waals surface area contributed by atoms with E-state index < -0.39 is 42.3 Å². The van der Waals surface area contributed by atoms with Gasteiger partial charge in [-0.2, -0.15) is 13.2 Å². The Morgan fingerprint density at radius 2 is 1.89 bits per heavy atom. The van der Waals surface area contributed by atoms with Crippen molar-refractivity contribution in [2.45, 2.75) is 6.18 Å². The van der Waals surface area contributed by atoms with Crippen molar-refractivity contribution in [1.82, 2.24) is 14.8 Å². The van der Waals surface area contributed by atoms with Crippen molar-refractivity contribution in [1.29, 1.82) is 0 Å². The van der Waals surface area contributed by atoms with Gasteiger partial charge in [-0.1, -0.05) is 17.7 Å². The molecule has 1 unspecified atom stereocenters. The standard InChI is InChI=1S/C23H19ClF4N4O3S/c24-19-7-6-18(36-19)21(34)29-10-13-11-31(12-15(13)23(26,27)28)22(35)30-17-5-4-14(9-16(17)25)32-8-2-1-3-20(32)33/h1-9,13,15H,10-12H2,(H,29,34)(H,30,35)/t13?,15-/m1/s1. The molecule has 3 amide bonds. The largest absolute Gasteiger partial charge is 0.393 e. The molecule has 190 valence electrons. The number of pyridine rings is 1. The second kappa shape index (κ2) is 10.3. The van der Waals surface area contributed by atoms with Crippen LogP contribution in [0, 0.1) is 17.7 Å². The maximum atomic E-state index is 14.6. The van der Waals surface area contributed by atoms with Gasteiger partial charge in [0.25, 0.3) is 11.5 Å². The summed E-state index contributed by atoms with van der Waals surface area (Å²) in [5.41, 5.74) is -0.413. The van der Waals surface area contributed by atoms with Crippen LogP contribution in [0.4, 0.5) is 28.0 Å².